The maximum absolute atomic E-state index is 12.2. The summed E-state index contributed by atoms with van der Waals surface area (Å²) in [5.41, 5.74) is 0. The molecule has 6 nitrogen and oxygen atoms in total. The lowest BCUT2D eigenvalue weighted by atomic mass is 10.2. The quantitative estimate of drug-likeness (QED) is 0.766. The Labute approximate surface area is 157 Å². The van der Waals surface area contributed by atoms with Crippen molar-refractivity contribution in [2.75, 3.05) is 46.6 Å². The molecule has 0 bridgehead atoms. The maximum Gasteiger partial charge on any atom is 0.258 e. The molecule has 1 amide bonds. The average molecular weight is 376 g/mol. The molecule has 1 N–H and O–H groups in total. The van der Waals surface area contributed by atoms with Gasteiger partial charge in [0.25, 0.3) is 5.91 Å². The summed E-state index contributed by atoms with van der Waals surface area (Å²) in [4.78, 5) is 15.8. The van der Waals surface area contributed by atoms with Gasteiger partial charge in [-0.15, -0.1) is 11.3 Å². The number of hydrogen-bond acceptors (Lipinski definition) is 6. The molecule has 2 heterocycles. The number of rotatable bonds is 8. The van der Waals surface area contributed by atoms with E-state index >= 15 is 0 Å². The predicted octanol–water partition coefficient (Wildman–Crippen LogP) is 2.33. The second-order valence-electron chi connectivity index (χ2n) is 5.95. The lowest BCUT2D eigenvalue weighted by molar-refractivity contribution is -0.123. The number of carbonyl (C=O) groups excluding carboxylic acids is 1. The van der Waals surface area contributed by atoms with Crippen LogP contribution in [-0.4, -0.2) is 57.4 Å². The van der Waals surface area contributed by atoms with E-state index in [1.807, 2.05) is 6.07 Å². The first kappa shape index (κ1) is 18.7. The fourth-order valence-electron chi connectivity index (χ4n) is 2.86. The summed E-state index contributed by atoms with van der Waals surface area (Å²) in [6, 6.07) is 11.5. The minimum Gasteiger partial charge on any atom is -0.497 e. The van der Waals surface area contributed by atoms with Gasteiger partial charge in [-0.3, -0.25) is 9.69 Å². The van der Waals surface area contributed by atoms with Crippen molar-refractivity contribution in [2.24, 2.45) is 0 Å². The number of nitrogens with zero attached hydrogens (tertiary/aromatic N) is 1. The number of amides is 1. The Morgan fingerprint density at radius 3 is 2.62 bits per heavy atom. The number of morpholine rings is 1. The number of carbonyl (C=O) groups is 1. The molecule has 3 rings (SSSR count). The Morgan fingerprint density at radius 1 is 1.23 bits per heavy atom. The zero-order chi connectivity index (χ0) is 18.2. The molecule has 7 heteroatoms. The van der Waals surface area contributed by atoms with Crippen molar-refractivity contribution in [1.29, 1.82) is 0 Å². The number of thiophene rings is 1. The van der Waals surface area contributed by atoms with Crippen LogP contribution in [0.5, 0.6) is 11.5 Å². The largest absolute Gasteiger partial charge is 0.497 e. The fourth-order valence-corrected chi connectivity index (χ4v) is 3.72. The van der Waals surface area contributed by atoms with E-state index in [2.05, 4.69) is 21.7 Å². The maximum atomic E-state index is 12.2. The second-order valence-corrected chi connectivity index (χ2v) is 6.93. The van der Waals surface area contributed by atoms with Gasteiger partial charge in [-0.2, -0.15) is 0 Å². The molecule has 0 spiro atoms. The van der Waals surface area contributed by atoms with Crippen LogP contribution in [0.2, 0.25) is 0 Å². The molecule has 0 saturated carbocycles. The summed E-state index contributed by atoms with van der Waals surface area (Å²) >= 11 is 1.71. The van der Waals surface area contributed by atoms with Crippen molar-refractivity contribution in [3.05, 3.63) is 46.7 Å². The van der Waals surface area contributed by atoms with E-state index < -0.39 is 0 Å². The van der Waals surface area contributed by atoms with Gasteiger partial charge in [-0.25, -0.2) is 0 Å². The van der Waals surface area contributed by atoms with Crippen molar-refractivity contribution in [3.8, 4) is 11.5 Å². The van der Waals surface area contributed by atoms with Crippen molar-refractivity contribution in [3.63, 3.8) is 0 Å². The Balaban J connectivity index is 1.50. The third kappa shape index (κ3) is 5.20. The van der Waals surface area contributed by atoms with Gasteiger partial charge in [0.05, 0.1) is 26.4 Å². The van der Waals surface area contributed by atoms with Crippen LogP contribution in [0, 0.1) is 0 Å². The molecular weight excluding hydrogens is 352 g/mol. The first-order chi connectivity index (χ1) is 12.8. The van der Waals surface area contributed by atoms with E-state index in [0.717, 1.165) is 32.1 Å². The monoisotopic (exact) mass is 376 g/mol. The van der Waals surface area contributed by atoms with Gasteiger partial charge in [0.2, 0.25) is 0 Å². The van der Waals surface area contributed by atoms with Gasteiger partial charge < -0.3 is 19.5 Å². The molecule has 1 atom stereocenters. The smallest absolute Gasteiger partial charge is 0.258 e. The van der Waals surface area contributed by atoms with Crippen LogP contribution in [0.4, 0.5) is 0 Å². The van der Waals surface area contributed by atoms with Crippen molar-refractivity contribution in [2.45, 2.75) is 6.04 Å². The Kier molecular flexibility index (Phi) is 6.88. The molecule has 140 valence electrons. The molecule has 1 fully saturated rings. The van der Waals surface area contributed by atoms with Crippen LogP contribution in [0.1, 0.15) is 10.9 Å². The highest BCUT2D eigenvalue weighted by Crippen LogP contribution is 2.25. The minimum atomic E-state index is -0.129. The number of benzene rings is 1. The van der Waals surface area contributed by atoms with Crippen LogP contribution < -0.4 is 14.8 Å². The van der Waals surface area contributed by atoms with Crippen molar-refractivity contribution in [1.82, 2.24) is 10.2 Å². The Morgan fingerprint density at radius 2 is 1.96 bits per heavy atom. The average Bonchev–Trinajstić information content (AvgIpc) is 3.22. The van der Waals surface area contributed by atoms with Gasteiger partial charge in [0.1, 0.15) is 11.5 Å². The molecule has 1 aromatic heterocycles. The van der Waals surface area contributed by atoms with Crippen molar-refractivity contribution >= 4 is 17.2 Å². The summed E-state index contributed by atoms with van der Waals surface area (Å²) in [7, 11) is 1.61. The van der Waals surface area contributed by atoms with Crippen LogP contribution in [-0.2, 0) is 9.53 Å². The summed E-state index contributed by atoms with van der Waals surface area (Å²) < 4.78 is 16.1. The standard InChI is InChI=1S/C19H24N2O4S/c1-23-15-4-6-16(7-5-15)25-14-19(22)20-13-17(18-3-2-12-26-18)21-8-10-24-11-9-21/h2-7,12,17H,8-11,13-14H2,1H3,(H,20,22)/t17-/m1/s1. The zero-order valence-corrected chi connectivity index (χ0v) is 15.7. The molecule has 1 aromatic carbocycles. The molecule has 1 aliphatic heterocycles. The second kappa shape index (κ2) is 9.56. The molecule has 2 aromatic rings. The lowest BCUT2D eigenvalue weighted by Gasteiger charge is -2.34. The summed E-state index contributed by atoms with van der Waals surface area (Å²) in [6.45, 7) is 3.77. The molecular formula is C19H24N2O4S. The highest BCUT2D eigenvalue weighted by atomic mass is 32.1. The van der Waals surface area contributed by atoms with Crippen LogP contribution >= 0.6 is 11.3 Å². The van der Waals surface area contributed by atoms with E-state index in [9.17, 15) is 4.79 Å². The third-order valence-corrected chi connectivity index (χ3v) is 5.25. The number of nitrogens with one attached hydrogen (secondary N) is 1. The van der Waals surface area contributed by atoms with E-state index in [1.54, 1.807) is 42.7 Å². The van der Waals surface area contributed by atoms with Gasteiger partial charge in [0, 0.05) is 24.5 Å². The predicted molar refractivity (Wildman–Crippen MR) is 101 cm³/mol. The summed E-state index contributed by atoms with van der Waals surface area (Å²) in [6.07, 6.45) is 0. The highest BCUT2D eigenvalue weighted by molar-refractivity contribution is 7.10. The molecule has 26 heavy (non-hydrogen) atoms. The lowest BCUT2D eigenvalue weighted by Crippen LogP contribution is -2.44. The number of hydrogen-bond donors (Lipinski definition) is 1. The van der Waals surface area contributed by atoms with Crippen LogP contribution in [0.15, 0.2) is 41.8 Å². The normalized spacial score (nSPS) is 16.0. The number of methoxy groups -OCH3 is 1. The first-order valence-corrected chi connectivity index (χ1v) is 9.53. The molecule has 1 saturated heterocycles. The van der Waals surface area contributed by atoms with Gasteiger partial charge in [-0.1, -0.05) is 6.07 Å². The Bertz CT molecular complexity index is 669. The minimum absolute atomic E-state index is 0.00734. The third-order valence-electron chi connectivity index (χ3n) is 4.28. The molecule has 0 aliphatic carbocycles. The zero-order valence-electron chi connectivity index (χ0n) is 14.8. The van der Waals surface area contributed by atoms with E-state index in [1.165, 1.54) is 4.88 Å². The summed E-state index contributed by atoms with van der Waals surface area (Å²) in [5, 5.41) is 5.06. The van der Waals surface area contributed by atoms with E-state index in [-0.39, 0.29) is 18.6 Å². The SMILES string of the molecule is COc1ccc(OCC(=O)NC[C@H](c2cccs2)N2CCOCC2)cc1. The van der Waals surface area contributed by atoms with E-state index in [4.69, 9.17) is 14.2 Å². The van der Waals surface area contributed by atoms with Gasteiger partial charge in [-0.05, 0) is 35.7 Å². The Hall–Kier alpha value is -2.09. The number of ether oxygens (including phenoxy) is 3. The van der Waals surface area contributed by atoms with Crippen LogP contribution in [0.3, 0.4) is 0 Å². The highest BCUT2D eigenvalue weighted by Gasteiger charge is 2.23. The van der Waals surface area contributed by atoms with Gasteiger partial charge >= 0.3 is 0 Å². The van der Waals surface area contributed by atoms with E-state index in [0.29, 0.717) is 12.3 Å². The molecule has 0 unspecified atom stereocenters. The van der Waals surface area contributed by atoms with Crippen molar-refractivity contribution < 1.29 is 19.0 Å². The summed E-state index contributed by atoms with van der Waals surface area (Å²) in [5.74, 6) is 1.27. The molecule has 1 aliphatic rings. The first-order valence-electron chi connectivity index (χ1n) is 8.65. The van der Waals surface area contributed by atoms with Crippen LogP contribution in [0.25, 0.3) is 0 Å². The topological polar surface area (TPSA) is 60.0 Å². The fraction of sp³-hybridized carbons (Fsp3) is 0.421. The van der Waals surface area contributed by atoms with Gasteiger partial charge in [0.15, 0.2) is 6.61 Å². The molecule has 0 radical (unpaired) electrons.